The fourth-order valence-electron chi connectivity index (χ4n) is 7.37. The van der Waals surface area contributed by atoms with Gasteiger partial charge in [-0.25, -0.2) is 0 Å². The minimum atomic E-state index is -0.309. The molecular weight excluding hydrogens is 512 g/mol. The molecule has 0 amide bonds. The van der Waals surface area contributed by atoms with E-state index in [0.717, 1.165) is 18.6 Å². The van der Waals surface area contributed by atoms with Crippen LogP contribution in [0.1, 0.15) is 103 Å². The van der Waals surface area contributed by atoms with Crippen molar-refractivity contribution in [3.8, 4) is 5.75 Å². The molecule has 0 spiro atoms. The molecule has 5 unspecified atom stereocenters. The molecule has 2 aliphatic rings. The highest BCUT2D eigenvalue weighted by molar-refractivity contribution is 5.33. The SMILES string of the molecule is CC(C)(C)CC(c1ccc(OC(CC2(C)CC3C=CC2C3)OCC(c2ccccc2)c2ccccc2)cc1)C(C)(C)C. The zero-order valence-corrected chi connectivity index (χ0v) is 27.0. The lowest BCUT2D eigenvalue weighted by Crippen LogP contribution is -2.33. The van der Waals surface area contributed by atoms with Crippen LogP contribution < -0.4 is 4.74 Å². The van der Waals surface area contributed by atoms with Gasteiger partial charge in [-0.1, -0.05) is 133 Å². The van der Waals surface area contributed by atoms with Gasteiger partial charge in [-0.2, -0.15) is 0 Å². The van der Waals surface area contributed by atoms with Gasteiger partial charge in [0, 0.05) is 12.3 Å². The predicted octanol–water partition coefficient (Wildman–Crippen LogP) is 10.8. The fraction of sp³-hybridized carbons (Fsp3) is 0.500. The van der Waals surface area contributed by atoms with Gasteiger partial charge >= 0.3 is 0 Å². The highest BCUT2D eigenvalue weighted by atomic mass is 16.7. The average molecular weight is 565 g/mol. The van der Waals surface area contributed by atoms with Crippen molar-refractivity contribution in [3.63, 3.8) is 0 Å². The van der Waals surface area contributed by atoms with E-state index in [-0.39, 0.29) is 28.5 Å². The van der Waals surface area contributed by atoms with Crippen molar-refractivity contribution < 1.29 is 9.47 Å². The molecule has 42 heavy (non-hydrogen) atoms. The molecule has 3 aromatic rings. The molecule has 0 heterocycles. The Morgan fingerprint density at radius 2 is 1.36 bits per heavy atom. The zero-order chi connectivity index (χ0) is 30.0. The second kappa shape index (κ2) is 12.4. The first-order valence-electron chi connectivity index (χ1n) is 16.1. The number of ether oxygens (including phenoxy) is 2. The van der Waals surface area contributed by atoms with Gasteiger partial charge in [-0.15, -0.1) is 0 Å². The number of allylic oxidation sites excluding steroid dienone is 2. The van der Waals surface area contributed by atoms with Crippen molar-refractivity contribution in [1.82, 2.24) is 0 Å². The molecule has 1 fully saturated rings. The van der Waals surface area contributed by atoms with Gasteiger partial charge in [0.1, 0.15) is 5.75 Å². The molecule has 2 nitrogen and oxygen atoms in total. The summed E-state index contributed by atoms with van der Waals surface area (Å²) in [4.78, 5) is 0. The Hall–Kier alpha value is -2.84. The standard InChI is InChI=1S/C40H52O2/c1-38(2,3)26-36(39(4,5)6)32-19-22-34(23-20-32)42-37(27-40(7)25-29-18-21-33(40)24-29)41-28-35(30-14-10-8-11-15-30)31-16-12-9-13-17-31/h8-23,29,33,35-37H,24-28H2,1-7H3. The van der Waals surface area contributed by atoms with Crippen LogP contribution in [0, 0.1) is 28.1 Å². The number of hydrogen-bond acceptors (Lipinski definition) is 2. The van der Waals surface area contributed by atoms with Crippen LogP contribution in [0.5, 0.6) is 5.75 Å². The van der Waals surface area contributed by atoms with Crippen LogP contribution in [0.15, 0.2) is 97.1 Å². The molecule has 0 aliphatic heterocycles. The number of benzene rings is 3. The van der Waals surface area contributed by atoms with Crippen LogP contribution in [-0.4, -0.2) is 12.9 Å². The van der Waals surface area contributed by atoms with Crippen LogP contribution in [-0.2, 0) is 4.74 Å². The summed E-state index contributed by atoms with van der Waals surface area (Å²) in [6.45, 7) is 17.1. The van der Waals surface area contributed by atoms with Gasteiger partial charge in [-0.3, -0.25) is 0 Å². The Kier molecular flexibility index (Phi) is 9.05. The third kappa shape index (κ3) is 7.56. The average Bonchev–Trinajstić information content (AvgIpc) is 3.53. The largest absolute Gasteiger partial charge is 0.465 e. The predicted molar refractivity (Wildman–Crippen MR) is 176 cm³/mol. The topological polar surface area (TPSA) is 18.5 Å². The summed E-state index contributed by atoms with van der Waals surface area (Å²) in [6, 6.07) is 30.4. The maximum Gasteiger partial charge on any atom is 0.200 e. The van der Waals surface area contributed by atoms with Crippen molar-refractivity contribution in [2.45, 2.75) is 92.3 Å². The number of fused-ring (bicyclic) bond motifs is 2. The van der Waals surface area contributed by atoms with Crippen molar-refractivity contribution in [2.24, 2.45) is 28.1 Å². The molecule has 5 atom stereocenters. The molecule has 0 aromatic heterocycles. The van der Waals surface area contributed by atoms with Crippen LogP contribution in [0.4, 0.5) is 0 Å². The fourth-order valence-corrected chi connectivity index (χ4v) is 7.37. The first kappa shape index (κ1) is 30.6. The highest BCUT2D eigenvalue weighted by Crippen LogP contribution is 2.54. The molecular formula is C40H52O2. The summed E-state index contributed by atoms with van der Waals surface area (Å²) in [5.41, 5.74) is 4.59. The van der Waals surface area contributed by atoms with Crippen LogP contribution in [0.25, 0.3) is 0 Å². The van der Waals surface area contributed by atoms with E-state index in [1.54, 1.807) is 0 Å². The van der Waals surface area contributed by atoms with Gasteiger partial charge in [0.2, 0.25) is 0 Å². The zero-order valence-electron chi connectivity index (χ0n) is 27.0. The number of hydrogen-bond donors (Lipinski definition) is 0. The van der Waals surface area contributed by atoms with E-state index in [9.17, 15) is 0 Å². The van der Waals surface area contributed by atoms with Gasteiger partial charge in [0.05, 0.1) is 6.61 Å². The van der Waals surface area contributed by atoms with Gasteiger partial charge in [0.25, 0.3) is 0 Å². The Morgan fingerprint density at radius 3 is 1.83 bits per heavy atom. The third-order valence-corrected chi connectivity index (χ3v) is 9.69. The molecule has 224 valence electrons. The van der Waals surface area contributed by atoms with Crippen LogP contribution in [0.3, 0.4) is 0 Å². The first-order valence-corrected chi connectivity index (χ1v) is 16.1. The van der Waals surface area contributed by atoms with Crippen molar-refractivity contribution in [3.05, 3.63) is 114 Å². The summed E-state index contributed by atoms with van der Waals surface area (Å²) in [6.07, 6.45) is 9.09. The van der Waals surface area contributed by atoms with Crippen LogP contribution >= 0.6 is 0 Å². The van der Waals surface area contributed by atoms with Gasteiger partial charge in [-0.05, 0) is 82.1 Å². The summed E-state index contributed by atoms with van der Waals surface area (Å²) >= 11 is 0. The summed E-state index contributed by atoms with van der Waals surface area (Å²) in [7, 11) is 0. The maximum absolute atomic E-state index is 6.80. The molecule has 2 heteroatoms. The second-order valence-electron chi connectivity index (χ2n) is 15.6. The Labute approximate surface area is 255 Å². The number of rotatable bonds is 11. The molecule has 0 saturated heterocycles. The molecule has 1 saturated carbocycles. The van der Waals surface area contributed by atoms with Crippen molar-refractivity contribution in [2.75, 3.05) is 6.61 Å². The van der Waals surface area contributed by atoms with E-state index in [4.69, 9.17) is 9.47 Å². The Bertz CT molecular complexity index is 1260. The minimum absolute atomic E-state index is 0.151. The van der Waals surface area contributed by atoms with Crippen molar-refractivity contribution in [1.29, 1.82) is 0 Å². The van der Waals surface area contributed by atoms with E-state index < -0.39 is 0 Å². The second-order valence-corrected chi connectivity index (χ2v) is 15.6. The van der Waals surface area contributed by atoms with E-state index in [1.165, 1.54) is 29.5 Å². The summed E-state index contributed by atoms with van der Waals surface area (Å²) in [5.74, 6) is 2.85. The van der Waals surface area contributed by atoms with Crippen LogP contribution in [0.2, 0.25) is 0 Å². The normalized spacial score (nSPS) is 23.3. The minimum Gasteiger partial charge on any atom is -0.465 e. The van der Waals surface area contributed by atoms with E-state index >= 15 is 0 Å². The Balaban J connectivity index is 1.37. The molecule has 0 radical (unpaired) electrons. The first-order chi connectivity index (χ1) is 19.9. The lowest BCUT2D eigenvalue weighted by molar-refractivity contribution is -0.108. The Morgan fingerprint density at radius 1 is 0.762 bits per heavy atom. The quantitative estimate of drug-likeness (QED) is 0.170. The van der Waals surface area contributed by atoms with Gasteiger partial charge < -0.3 is 9.47 Å². The highest BCUT2D eigenvalue weighted by Gasteiger charge is 2.46. The monoisotopic (exact) mass is 564 g/mol. The lowest BCUT2D eigenvalue weighted by Gasteiger charge is -2.36. The van der Waals surface area contributed by atoms with Gasteiger partial charge in [0.15, 0.2) is 6.29 Å². The third-order valence-electron chi connectivity index (χ3n) is 9.69. The molecule has 0 N–H and O–H groups in total. The van der Waals surface area contributed by atoms with E-state index in [1.807, 2.05) is 0 Å². The lowest BCUT2D eigenvalue weighted by atomic mass is 9.69. The summed E-state index contributed by atoms with van der Waals surface area (Å²) < 4.78 is 13.5. The van der Waals surface area contributed by atoms with E-state index in [2.05, 4.69) is 146 Å². The molecule has 2 aliphatic carbocycles. The van der Waals surface area contributed by atoms with Crippen molar-refractivity contribution >= 4 is 0 Å². The molecule has 2 bridgehead atoms. The maximum atomic E-state index is 6.80. The van der Waals surface area contributed by atoms with E-state index in [0.29, 0.717) is 24.4 Å². The molecule has 5 rings (SSSR count). The smallest absolute Gasteiger partial charge is 0.200 e. The molecule has 3 aromatic carbocycles. The summed E-state index contributed by atoms with van der Waals surface area (Å²) in [5, 5.41) is 0.